The largest absolute Gasteiger partial charge is 0.361 e. The fourth-order valence-corrected chi connectivity index (χ4v) is 2.32. The van der Waals surface area contributed by atoms with Gasteiger partial charge < -0.3 is 10.7 Å². The van der Waals surface area contributed by atoms with Gasteiger partial charge in [-0.25, -0.2) is 0 Å². The van der Waals surface area contributed by atoms with Crippen LogP contribution in [0.3, 0.4) is 0 Å². The first-order chi connectivity index (χ1) is 8.35. The van der Waals surface area contributed by atoms with Gasteiger partial charge >= 0.3 is 0 Å². The summed E-state index contributed by atoms with van der Waals surface area (Å²) in [4.78, 5) is 3.31. The van der Waals surface area contributed by atoms with Gasteiger partial charge in [0.1, 0.15) is 0 Å². The molecule has 1 aromatic carbocycles. The summed E-state index contributed by atoms with van der Waals surface area (Å²) in [7, 11) is 0. The van der Waals surface area contributed by atoms with Gasteiger partial charge in [-0.3, -0.25) is 0 Å². The molecule has 3 N–H and O–H groups in total. The van der Waals surface area contributed by atoms with Crippen LogP contribution in [0.4, 0.5) is 0 Å². The molecule has 0 saturated heterocycles. The van der Waals surface area contributed by atoms with Crippen molar-refractivity contribution in [1.82, 2.24) is 4.98 Å². The Morgan fingerprint density at radius 1 is 1.18 bits per heavy atom. The molecule has 17 heavy (non-hydrogen) atoms. The highest BCUT2D eigenvalue weighted by Gasteiger charge is 2.03. The van der Waals surface area contributed by atoms with Crippen molar-refractivity contribution in [2.75, 3.05) is 6.54 Å². The maximum absolute atomic E-state index is 5.63. The van der Waals surface area contributed by atoms with Crippen molar-refractivity contribution in [3.8, 4) is 0 Å². The van der Waals surface area contributed by atoms with Crippen molar-refractivity contribution >= 4 is 10.9 Å². The molecule has 0 aliphatic heterocycles. The molecule has 0 amide bonds. The molecule has 0 atom stereocenters. The SMILES string of the molecule is CCCCCc1ccc2[nH]cc(CCN)c2c1. The summed E-state index contributed by atoms with van der Waals surface area (Å²) >= 11 is 0. The first kappa shape index (κ1) is 12.2. The summed E-state index contributed by atoms with van der Waals surface area (Å²) in [5.41, 5.74) is 9.66. The maximum atomic E-state index is 5.63. The van der Waals surface area contributed by atoms with Gasteiger partial charge in [-0.1, -0.05) is 25.8 Å². The number of unbranched alkanes of at least 4 members (excludes halogenated alkanes) is 2. The summed E-state index contributed by atoms with van der Waals surface area (Å²) in [6, 6.07) is 6.75. The van der Waals surface area contributed by atoms with Crippen molar-refractivity contribution in [2.45, 2.75) is 39.0 Å². The molecule has 2 rings (SSSR count). The minimum absolute atomic E-state index is 0.715. The summed E-state index contributed by atoms with van der Waals surface area (Å²) in [6.45, 7) is 2.96. The molecule has 2 heteroatoms. The topological polar surface area (TPSA) is 41.8 Å². The van der Waals surface area contributed by atoms with E-state index in [9.17, 15) is 0 Å². The van der Waals surface area contributed by atoms with Crippen molar-refractivity contribution in [3.05, 3.63) is 35.5 Å². The lowest BCUT2D eigenvalue weighted by molar-refractivity contribution is 0.718. The fraction of sp³-hybridized carbons (Fsp3) is 0.467. The summed E-state index contributed by atoms with van der Waals surface area (Å²) in [5.74, 6) is 0. The first-order valence-corrected chi connectivity index (χ1v) is 6.64. The number of rotatable bonds is 6. The van der Waals surface area contributed by atoms with Crippen LogP contribution in [0.25, 0.3) is 10.9 Å². The van der Waals surface area contributed by atoms with Crippen LogP contribution < -0.4 is 5.73 Å². The van der Waals surface area contributed by atoms with Crippen molar-refractivity contribution in [1.29, 1.82) is 0 Å². The second-order valence-corrected chi connectivity index (χ2v) is 4.69. The number of aromatic amines is 1. The zero-order chi connectivity index (χ0) is 12.1. The Morgan fingerprint density at radius 2 is 2.06 bits per heavy atom. The number of aromatic nitrogens is 1. The van der Waals surface area contributed by atoms with Crippen molar-refractivity contribution in [3.63, 3.8) is 0 Å². The summed E-state index contributed by atoms with van der Waals surface area (Å²) in [5, 5.41) is 1.35. The summed E-state index contributed by atoms with van der Waals surface area (Å²) in [6.07, 6.45) is 8.13. The van der Waals surface area contributed by atoms with E-state index in [2.05, 4.69) is 36.3 Å². The Kier molecular flexibility index (Phi) is 4.21. The Hall–Kier alpha value is -1.28. The Balaban J connectivity index is 2.18. The van der Waals surface area contributed by atoms with Crippen molar-refractivity contribution in [2.24, 2.45) is 5.73 Å². The van der Waals surface area contributed by atoms with E-state index in [4.69, 9.17) is 5.73 Å². The standard InChI is InChI=1S/C15H22N2/c1-2-3-4-5-12-6-7-15-14(10-12)13(8-9-16)11-17-15/h6-7,10-11,17H,2-5,8-9,16H2,1H3. The Bertz CT molecular complexity index is 471. The zero-order valence-corrected chi connectivity index (χ0v) is 10.6. The maximum Gasteiger partial charge on any atom is 0.0456 e. The number of nitrogens with two attached hydrogens (primary N) is 1. The van der Waals surface area contributed by atoms with Gasteiger partial charge in [0.25, 0.3) is 0 Å². The van der Waals surface area contributed by atoms with Crippen LogP contribution in [-0.2, 0) is 12.8 Å². The van der Waals surface area contributed by atoms with Gasteiger partial charge in [0.15, 0.2) is 0 Å². The van der Waals surface area contributed by atoms with Crippen LogP contribution in [0.5, 0.6) is 0 Å². The van der Waals surface area contributed by atoms with E-state index in [0.29, 0.717) is 6.54 Å². The van der Waals surface area contributed by atoms with E-state index in [1.54, 1.807) is 0 Å². The van der Waals surface area contributed by atoms with Gasteiger partial charge in [-0.2, -0.15) is 0 Å². The number of nitrogens with one attached hydrogen (secondary N) is 1. The van der Waals surface area contributed by atoms with E-state index in [1.807, 2.05) is 0 Å². The van der Waals surface area contributed by atoms with Crippen LogP contribution in [-0.4, -0.2) is 11.5 Å². The third-order valence-corrected chi connectivity index (χ3v) is 3.31. The molecule has 2 nitrogen and oxygen atoms in total. The van der Waals surface area contributed by atoms with E-state index in [1.165, 1.54) is 47.7 Å². The van der Waals surface area contributed by atoms with Crippen LogP contribution in [0.15, 0.2) is 24.4 Å². The molecule has 0 unspecified atom stereocenters. The highest BCUT2D eigenvalue weighted by Crippen LogP contribution is 2.21. The van der Waals surface area contributed by atoms with Gasteiger partial charge in [0, 0.05) is 17.1 Å². The van der Waals surface area contributed by atoms with E-state index >= 15 is 0 Å². The highest BCUT2D eigenvalue weighted by atomic mass is 14.7. The molecule has 0 spiro atoms. The number of hydrogen-bond acceptors (Lipinski definition) is 1. The van der Waals surface area contributed by atoms with E-state index < -0.39 is 0 Å². The molecule has 1 heterocycles. The third-order valence-electron chi connectivity index (χ3n) is 3.31. The van der Waals surface area contributed by atoms with Crippen LogP contribution >= 0.6 is 0 Å². The predicted octanol–water partition coefficient (Wildman–Crippen LogP) is 3.40. The normalized spacial score (nSPS) is 11.2. The van der Waals surface area contributed by atoms with Gasteiger partial charge in [0.05, 0.1) is 0 Å². The third kappa shape index (κ3) is 2.89. The van der Waals surface area contributed by atoms with Crippen LogP contribution in [0.2, 0.25) is 0 Å². The lowest BCUT2D eigenvalue weighted by atomic mass is 10.0. The van der Waals surface area contributed by atoms with Gasteiger partial charge in [-0.15, -0.1) is 0 Å². The summed E-state index contributed by atoms with van der Waals surface area (Å²) < 4.78 is 0. The van der Waals surface area contributed by atoms with Gasteiger partial charge in [-0.05, 0) is 49.1 Å². The van der Waals surface area contributed by atoms with E-state index in [0.717, 1.165) is 6.42 Å². The molecular weight excluding hydrogens is 208 g/mol. The molecular formula is C15H22N2. The van der Waals surface area contributed by atoms with Gasteiger partial charge in [0.2, 0.25) is 0 Å². The molecule has 0 saturated carbocycles. The average Bonchev–Trinajstić information content (AvgIpc) is 2.73. The molecule has 0 radical (unpaired) electrons. The monoisotopic (exact) mass is 230 g/mol. The predicted molar refractivity (Wildman–Crippen MR) is 74.3 cm³/mol. The molecule has 0 bridgehead atoms. The molecule has 0 aliphatic rings. The zero-order valence-electron chi connectivity index (χ0n) is 10.6. The second-order valence-electron chi connectivity index (χ2n) is 4.69. The first-order valence-electron chi connectivity index (χ1n) is 6.64. The van der Waals surface area contributed by atoms with Crippen LogP contribution in [0.1, 0.15) is 37.3 Å². The number of hydrogen-bond donors (Lipinski definition) is 2. The number of aryl methyl sites for hydroxylation is 1. The number of fused-ring (bicyclic) bond motifs is 1. The lowest BCUT2D eigenvalue weighted by Gasteiger charge is -2.02. The van der Waals surface area contributed by atoms with Crippen molar-refractivity contribution < 1.29 is 0 Å². The van der Waals surface area contributed by atoms with E-state index in [-0.39, 0.29) is 0 Å². The minimum Gasteiger partial charge on any atom is -0.361 e. The smallest absolute Gasteiger partial charge is 0.0456 e. The lowest BCUT2D eigenvalue weighted by Crippen LogP contribution is -2.01. The Morgan fingerprint density at radius 3 is 2.82 bits per heavy atom. The van der Waals surface area contributed by atoms with Crippen LogP contribution in [0, 0.1) is 0 Å². The molecule has 92 valence electrons. The number of H-pyrrole nitrogens is 1. The quantitative estimate of drug-likeness (QED) is 0.734. The fourth-order valence-electron chi connectivity index (χ4n) is 2.32. The second kappa shape index (κ2) is 5.87. The molecule has 0 aliphatic carbocycles. The molecule has 0 fully saturated rings. The minimum atomic E-state index is 0.715. The highest BCUT2D eigenvalue weighted by molar-refractivity contribution is 5.83. The average molecular weight is 230 g/mol. The number of benzene rings is 1. The molecule has 2 aromatic rings. The Labute approximate surface area is 103 Å². The molecule has 1 aromatic heterocycles.